The lowest BCUT2D eigenvalue weighted by Gasteiger charge is -2.03. The molecule has 2 unspecified atom stereocenters. The molecule has 0 saturated heterocycles. The first-order chi connectivity index (χ1) is 6.20. The maximum atomic E-state index is 2.39. The summed E-state index contributed by atoms with van der Waals surface area (Å²) < 4.78 is 0. The molecule has 0 nitrogen and oxygen atoms in total. The van der Waals surface area contributed by atoms with Gasteiger partial charge >= 0.3 is 0 Å². The first-order valence-electron chi connectivity index (χ1n) is 6.20. The lowest BCUT2D eigenvalue weighted by atomic mass is 10.0. The van der Waals surface area contributed by atoms with Crippen molar-refractivity contribution in [1.82, 2.24) is 0 Å². The van der Waals surface area contributed by atoms with E-state index in [0.717, 1.165) is 17.8 Å². The van der Waals surface area contributed by atoms with Crippen LogP contribution < -0.4 is 0 Å². The molecule has 0 amide bonds. The molecule has 0 aliphatic heterocycles. The molecule has 0 radical (unpaired) electrons. The molecule has 0 N–H and O–H groups in total. The normalized spacial score (nSPS) is 26.8. The third-order valence-electron chi connectivity index (χ3n) is 3.38. The fourth-order valence-corrected chi connectivity index (χ4v) is 2.11. The molecular formula is C13H26. The van der Waals surface area contributed by atoms with Crippen LogP contribution in [0.3, 0.4) is 0 Å². The molecule has 1 aliphatic carbocycles. The van der Waals surface area contributed by atoms with E-state index in [2.05, 4.69) is 20.8 Å². The fourth-order valence-electron chi connectivity index (χ4n) is 2.11. The van der Waals surface area contributed by atoms with Crippen molar-refractivity contribution in [3.8, 4) is 0 Å². The maximum absolute atomic E-state index is 2.39. The lowest BCUT2D eigenvalue weighted by Crippen LogP contribution is -1.87. The van der Waals surface area contributed by atoms with Gasteiger partial charge in [0.25, 0.3) is 0 Å². The van der Waals surface area contributed by atoms with E-state index in [1.54, 1.807) is 0 Å². The van der Waals surface area contributed by atoms with Crippen molar-refractivity contribution in [3.63, 3.8) is 0 Å². The fraction of sp³-hybridized carbons (Fsp3) is 1.00. The highest BCUT2D eigenvalue weighted by atomic mass is 14.4. The van der Waals surface area contributed by atoms with Gasteiger partial charge in [-0.3, -0.25) is 0 Å². The van der Waals surface area contributed by atoms with Gasteiger partial charge in [-0.1, -0.05) is 59.3 Å². The zero-order valence-corrected chi connectivity index (χ0v) is 9.68. The Kier molecular flexibility index (Phi) is 4.83. The molecule has 1 rings (SSSR count). The van der Waals surface area contributed by atoms with Crippen LogP contribution in [0.5, 0.6) is 0 Å². The average molecular weight is 182 g/mol. The van der Waals surface area contributed by atoms with Crippen LogP contribution in [0, 0.1) is 17.8 Å². The van der Waals surface area contributed by atoms with Crippen LogP contribution in [0.2, 0.25) is 0 Å². The highest BCUT2D eigenvalue weighted by Gasteiger charge is 2.31. The molecule has 0 heterocycles. The summed E-state index contributed by atoms with van der Waals surface area (Å²) in [4.78, 5) is 0. The molecule has 0 heteroatoms. The largest absolute Gasteiger partial charge is 0.0628 e. The van der Waals surface area contributed by atoms with Crippen LogP contribution in [0.4, 0.5) is 0 Å². The minimum Gasteiger partial charge on any atom is -0.0628 e. The van der Waals surface area contributed by atoms with E-state index in [1.807, 2.05) is 0 Å². The standard InChI is InChI=1S/C13H26/c1-11(2)8-6-4-5-7-9-13-10-12(13)3/h11-13H,4-10H2,1-3H3. The van der Waals surface area contributed by atoms with E-state index in [0.29, 0.717) is 0 Å². The molecular weight excluding hydrogens is 156 g/mol. The highest BCUT2D eigenvalue weighted by molar-refractivity contribution is 4.81. The highest BCUT2D eigenvalue weighted by Crippen LogP contribution is 2.41. The van der Waals surface area contributed by atoms with E-state index in [1.165, 1.54) is 44.9 Å². The van der Waals surface area contributed by atoms with Gasteiger partial charge in [-0.2, -0.15) is 0 Å². The molecule has 1 saturated carbocycles. The summed E-state index contributed by atoms with van der Waals surface area (Å²) in [5.41, 5.74) is 0. The Morgan fingerprint density at radius 2 is 1.69 bits per heavy atom. The van der Waals surface area contributed by atoms with Gasteiger partial charge in [0.05, 0.1) is 0 Å². The molecule has 0 bridgehead atoms. The summed E-state index contributed by atoms with van der Waals surface area (Å²) in [6.07, 6.45) is 10.4. The Balaban J connectivity index is 1.74. The van der Waals surface area contributed by atoms with E-state index >= 15 is 0 Å². The molecule has 1 aliphatic rings. The van der Waals surface area contributed by atoms with Crippen molar-refractivity contribution in [2.75, 3.05) is 0 Å². The van der Waals surface area contributed by atoms with E-state index in [4.69, 9.17) is 0 Å². The topological polar surface area (TPSA) is 0 Å². The Hall–Kier alpha value is 0. The van der Waals surface area contributed by atoms with Crippen molar-refractivity contribution in [2.45, 2.75) is 65.7 Å². The smallest absolute Gasteiger partial charge is 0.0386 e. The Labute approximate surface area is 84.1 Å². The van der Waals surface area contributed by atoms with Gasteiger partial charge in [0.2, 0.25) is 0 Å². The third kappa shape index (κ3) is 5.33. The summed E-state index contributed by atoms with van der Waals surface area (Å²) in [5, 5.41) is 0. The summed E-state index contributed by atoms with van der Waals surface area (Å²) in [5.74, 6) is 3.09. The minimum absolute atomic E-state index is 0.906. The molecule has 78 valence electrons. The zero-order valence-electron chi connectivity index (χ0n) is 9.68. The molecule has 2 atom stereocenters. The van der Waals surface area contributed by atoms with Crippen molar-refractivity contribution >= 4 is 0 Å². The first-order valence-corrected chi connectivity index (χ1v) is 6.20. The van der Waals surface area contributed by atoms with Crippen LogP contribution in [0.25, 0.3) is 0 Å². The summed E-state index contributed by atoms with van der Waals surface area (Å²) in [6.45, 7) is 7.04. The van der Waals surface area contributed by atoms with Gasteiger partial charge < -0.3 is 0 Å². The van der Waals surface area contributed by atoms with Crippen LogP contribution in [-0.2, 0) is 0 Å². The van der Waals surface area contributed by atoms with Gasteiger partial charge in [0, 0.05) is 0 Å². The van der Waals surface area contributed by atoms with E-state index in [-0.39, 0.29) is 0 Å². The molecule has 0 aromatic rings. The van der Waals surface area contributed by atoms with Gasteiger partial charge in [-0.05, 0) is 24.2 Å². The zero-order chi connectivity index (χ0) is 9.68. The van der Waals surface area contributed by atoms with Crippen LogP contribution in [0.1, 0.15) is 65.7 Å². The van der Waals surface area contributed by atoms with Gasteiger partial charge in [-0.15, -0.1) is 0 Å². The second kappa shape index (κ2) is 5.67. The lowest BCUT2D eigenvalue weighted by molar-refractivity contribution is 0.505. The maximum Gasteiger partial charge on any atom is -0.0386 e. The van der Waals surface area contributed by atoms with Crippen molar-refractivity contribution < 1.29 is 0 Å². The number of hydrogen-bond acceptors (Lipinski definition) is 0. The number of unbranched alkanes of at least 4 members (excludes halogenated alkanes) is 3. The van der Waals surface area contributed by atoms with Crippen molar-refractivity contribution in [1.29, 1.82) is 0 Å². The van der Waals surface area contributed by atoms with Crippen molar-refractivity contribution in [2.24, 2.45) is 17.8 Å². The molecule has 0 aromatic heterocycles. The van der Waals surface area contributed by atoms with E-state index in [9.17, 15) is 0 Å². The second-order valence-electron chi connectivity index (χ2n) is 5.36. The van der Waals surface area contributed by atoms with Crippen LogP contribution >= 0.6 is 0 Å². The summed E-state index contributed by atoms with van der Waals surface area (Å²) in [7, 11) is 0. The number of rotatable bonds is 7. The molecule has 0 spiro atoms. The summed E-state index contributed by atoms with van der Waals surface area (Å²) in [6, 6.07) is 0. The van der Waals surface area contributed by atoms with Crippen molar-refractivity contribution in [3.05, 3.63) is 0 Å². The monoisotopic (exact) mass is 182 g/mol. The quantitative estimate of drug-likeness (QED) is 0.503. The second-order valence-corrected chi connectivity index (χ2v) is 5.36. The Morgan fingerprint density at radius 1 is 1.08 bits per heavy atom. The number of hydrogen-bond donors (Lipinski definition) is 0. The molecule has 0 aromatic carbocycles. The SMILES string of the molecule is CC(C)CCCCCCC1CC1C. The van der Waals surface area contributed by atoms with Crippen LogP contribution in [0.15, 0.2) is 0 Å². The molecule has 1 fully saturated rings. The molecule has 13 heavy (non-hydrogen) atoms. The van der Waals surface area contributed by atoms with Crippen LogP contribution in [-0.4, -0.2) is 0 Å². The first kappa shape index (κ1) is 11.1. The summed E-state index contributed by atoms with van der Waals surface area (Å²) >= 11 is 0. The van der Waals surface area contributed by atoms with Gasteiger partial charge in [0.15, 0.2) is 0 Å². The minimum atomic E-state index is 0.906. The average Bonchev–Trinajstić information content (AvgIpc) is 2.74. The van der Waals surface area contributed by atoms with Gasteiger partial charge in [0.1, 0.15) is 0 Å². The third-order valence-corrected chi connectivity index (χ3v) is 3.38. The van der Waals surface area contributed by atoms with E-state index < -0.39 is 0 Å². The predicted octanol–water partition coefficient (Wildman–Crippen LogP) is 4.64. The predicted molar refractivity (Wildman–Crippen MR) is 59.8 cm³/mol. The Bertz CT molecular complexity index is 126. The van der Waals surface area contributed by atoms with Gasteiger partial charge in [-0.25, -0.2) is 0 Å². The Morgan fingerprint density at radius 3 is 2.23 bits per heavy atom.